The first-order chi connectivity index (χ1) is 13.2. The van der Waals surface area contributed by atoms with E-state index in [-0.39, 0.29) is 11.3 Å². The topological polar surface area (TPSA) is 80.3 Å². The second kappa shape index (κ2) is 9.25. The summed E-state index contributed by atoms with van der Waals surface area (Å²) in [6.07, 6.45) is 0. The molecule has 1 aliphatic rings. The summed E-state index contributed by atoms with van der Waals surface area (Å²) in [4.78, 5) is 14.6. The third-order valence-corrected chi connectivity index (χ3v) is 4.34. The Balaban J connectivity index is 1.50. The maximum absolute atomic E-state index is 12.3. The van der Waals surface area contributed by atoms with Gasteiger partial charge in [-0.1, -0.05) is 0 Å². The van der Waals surface area contributed by atoms with Crippen LogP contribution in [0.4, 0.5) is 5.69 Å². The van der Waals surface area contributed by atoms with Crippen LogP contribution in [0.2, 0.25) is 0 Å². The molecular weight excluding hydrogens is 348 g/mol. The molecule has 0 unspecified atom stereocenters. The van der Waals surface area contributed by atoms with Crippen molar-refractivity contribution < 1.29 is 24.1 Å². The first kappa shape index (κ1) is 19.0. The van der Waals surface area contributed by atoms with Gasteiger partial charge in [0.1, 0.15) is 23.9 Å². The number of rotatable bonds is 7. The van der Waals surface area contributed by atoms with Crippen LogP contribution < -0.4 is 14.8 Å². The average molecular weight is 372 g/mol. The van der Waals surface area contributed by atoms with Crippen molar-refractivity contribution in [1.82, 2.24) is 4.90 Å². The normalized spacial score (nSPS) is 14.6. The van der Waals surface area contributed by atoms with Gasteiger partial charge in [-0.3, -0.25) is 9.69 Å². The first-order valence-electron chi connectivity index (χ1n) is 8.87. The Hall–Kier alpha value is -2.77. The molecule has 144 valence electrons. The van der Waals surface area contributed by atoms with Crippen molar-refractivity contribution in [2.45, 2.75) is 0 Å². The third-order valence-electron chi connectivity index (χ3n) is 4.34. The van der Waals surface area contributed by atoms with Crippen LogP contribution >= 0.6 is 0 Å². The van der Waals surface area contributed by atoms with Crippen LogP contribution in [0.25, 0.3) is 0 Å². The maximum atomic E-state index is 12.3. The molecule has 1 saturated heterocycles. The van der Waals surface area contributed by atoms with E-state index < -0.39 is 5.91 Å². The number of benzene rings is 2. The van der Waals surface area contributed by atoms with Gasteiger partial charge in [0, 0.05) is 31.4 Å². The highest BCUT2D eigenvalue weighted by Crippen LogP contribution is 2.24. The van der Waals surface area contributed by atoms with Gasteiger partial charge in [0.2, 0.25) is 0 Å². The van der Waals surface area contributed by atoms with Crippen molar-refractivity contribution in [3.8, 4) is 17.2 Å². The smallest absolute Gasteiger partial charge is 0.259 e. The van der Waals surface area contributed by atoms with Gasteiger partial charge in [-0.2, -0.15) is 0 Å². The second-order valence-corrected chi connectivity index (χ2v) is 6.16. The van der Waals surface area contributed by atoms with E-state index in [4.69, 9.17) is 14.2 Å². The first-order valence-corrected chi connectivity index (χ1v) is 8.87. The van der Waals surface area contributed by atoms with Crippen LogP contribution in [-0.2, 0) is 4.74 Å². The van der Waals surface area contributed by atoms with E-state index >= 15 is 0 Å². The number of ether oxygens (including phenoxy) is 3. The molecular formula is C20H24N2O5. The summed E-state index contributed by atoms with van der Waals surface area (Å²) in [6, 6.07) is 11.7. The molecule has 0 spiro atoms. The lowest BCUT2D eigenvalue weighted by molar-refractivity contribution is 0.0322. The van der Waals surface area contributed by atoms with E-state index in [1.807, 2.05) is 12.1 Å². The molecule has 0 saturated carbocycles. The van der Waals surface area contributed by atoms with Crippen molar-refractivity contribution in [3.05, 3.63) is 48.0 Å². The Morgan fingerprint density at radius 3 is 2.52 bits per heavy atom. The van der Waals surface area contributed by atoms with Gasteiger partial charge in [-0.25, -0.2) is 0 Å². The number of hydrogen-bond donors (Lipinski definition) is 2. The Labute approximate surface area is 158 Å². The monoisotopic (exact) mass is 372 g/mol. The molecule has 0 bridgehead atoms. The third kappa shape index (κ3) is 5.35. The molecule has 2 aromatic carbocycles. The Morgan fingerprint density at radius 2 is 1.85 bits per heavy atom. The highest BCUT2D eigenvalue weighted by atomic mass is 16.5. The number of nitrogens with zero attached hydrogens (tertiary/aromatic N) is 1. The summed E-state index contributed by atoms with van der Waals surface area (Å²) < 4.78 is 16.1. The predicted octanol–water partition coefficient (Wildman–Crippen LogP) is 2.36. The maximum Gasteiger partial charge on any atom is 0.259 e. The summed E-state index contributed by atoms with van der Waals surface area (Å²) in [5.41, 5.74) is 0.803. The average Bonchev–Trinajstić information content (AvgIpc) is 2.70. The number of anilines is 1. The van der Waals surface area contributed by atoms with E-state index in [0.29, 0.717) is 18.0 Å². The summed E-state index contributed by atoms with van der Waals surface area (Å²) in [7, 11) is 1.50. The lowest BCUT2D eigenvalue weighted by Gasteiger charge is -2.26. The van der Waals surface area contributed by atoms with E-state index in [9.17, 15) is 9.90 Å². The fraction of sp³-hybridized carbons (Fsp3) is 0.350. The lowest BCUT2D eigenvalue weighted by atomic mass is 10.1. The van der Waals surface area contributed by atoms with E-state index in [1.165, 1.54) is 19.2 Å². The molecule has 7 nitrogen and oxygen atoms in total. The van der Waals surface area contributed by atoms with Gasteiger partial charge in [0.25, 0.3) is 5.91 Å². The van der Waals surface area contributed by atoms with Crippen LogP contribution in [0.15, 0.2) is 42.5 Å². The molecule has 1 aliphatic heterocycles. The number of morpholine rings is 1. The zero-order valence-electron chi connectivity index (χ0n) is 15.3. The van der Waals surface area contributed by atoms with E-state index in [1.54, 1.807) is 18.2 Å². The predicted molar refractivity (Wildman–Crippen MR) is 102 cm³/mol. The molecule has 1 amide bonds. The number of phenols is 1. The van der Waals surface area contributed by atoms with Gasteiger partial charge in [0.05, 0.1) is 25.9 Å². The molecule has 27 heavy (non-hydrogen) atoms. The van der Waals surface area contributed by atoms with Crippen molar-refractivity contribution in [2.24, 2.45) is 0 Å². The molecule has 7 heteroatoms. The van der Waals surface area contributed by atoms with Crippen molar-refractivity contribution in [3.63, 3.8) is 0 Å². The Morgan fingerprint density at radius 1 is 1.15 bits per heavy atom. The standard InChI is InChI=1S/C20H24N2O5/c1-25-17-6-7-18(19(23)14-17)20(24)21-15-2-4-16(5-3-15)27-13-10-22-8-11-26-12-9-22/h2-7,14,23H,8-13H2,1H3,(H,21,24). The largest absolute Gasteiger partial charge is 0.507 e. The van der Waals surface area contributed by atoms with Crippen LogP contribution in [0.1, 0.15) is 10.4 Å². The van der Waals surface area contributed by atoms with Gasteiger partial charge in [-0.15, -0.1) is 0 Å². The van der Waals surface area contributed by atoms with Crippen LogP contribution in [0.3, 0.4) is 0 Å². The zero-order valence-corrected chi connectivity index (χ0v) is 15.3. The molecule has 0 aromatic heterocycles. The quantitative estimate of drug-likeness (QED) is 0.777. The molecule has 1 fully saturated rings. The number of amides is 1. The Bertz CT molecular complexity index is 757. The number of aromatic hydroxyl groups is 1. The summed E-state index contributed by atoms with van der Waals surface area (Å²) >= 11 is 0. The second-order valence-electron chi connectivity index (χ2n) is 6.16. The van der Waals surface area contributed by atoms with Gasteiger partial charge < -0.3 is 24.6 Å². The van der Waals surface area contributed by atoms with Crippen molar-refractivity contribution >= 4 is 11.6 Å². The van der Waals surface area contributed by atoms with E-state index in [0.717, 1.165) is 38.6 Å². The number of nitrogens with one attached hydrogen (secondary N) is 1. The van der Waals surface area contributed by atoms with Crippen LogP contribution in [0, 0.1) is 0 Å². The minimum absolute atomic E-state index is 0.130. The van der Waals surface area contributed by atoms with Crippen LogP contribution in [-0.4, -0.2) is 62.5 Å². The fourth-order valence-electron chi connectivity index (χ4n) is 2.78. The van der Waals surface area contributed by atoms with Gasteiger partial charge in [0.15, 0.2) is 0 Å². The van der Waals surface area contributed by atoms with Gasteiger partial charge in [-0.05, 0) is 36.4 Å². The minimum Gasteiger partial charge on any atom is -0.507 e. The number of hydrogen-bond acceptors (Lipinski definition) is 6. The summed E-state index contributed by atoms with van der Waals surface area (Å²) in [6.45, 7) is 4.89. The molecule has 0 atom stereocenters. The number of phenolic OH excluding ortho intramolecular Hbond substituents is 1. The van der Waals surface area contributed by atoms with Crippen molar-refractivity contribution in [1.29, 1.82) is 0 Å². The highest BCUT2D eigenvalue weighted by Gasteiger charge is 2.13. The number of carbonyl (C=O) groups is 1. The molecule has 2 aromatic rings. The SMILES string of the molecule is COc1ccc(C(=O)Nc2ccc(OCCN3CCOCC3)cc2)c(O)c1. The molecule has 3 rings (SSSR count). The van der Waals surface area contributed by atoms with Crippen molar-refractivity contribution in [2.75, 3.05) is 51.9 Å². The molecule has 1 heterocycles. The fourth-order valence-corrected chi connectivity index (χ4v) is 2.78. The van der Waals surface area contributed by atoms with E-state index in [2.05, 4.69) is 10.2 Å². The Kier molecular flexibility index (Phi) is 6.51. The minimum atomic E-state index is -0.392. The molecule has 2 N–H and O–H groups in total. The molecule has 0 radical (unpaired) electrons. The van der Waals surface area contributed by atoms with Crippen LogP contribution in [0.5, 0.6) is 17.2 Å². The molecule has 0 aliphatic carbocycles. The summed E-state index contributed by atoms with van der Waals surface area (Å²) in [5, 5.41) is 12.7. The summed E-state index contributed by atoms with van der Waals surface area (Å²) in [5.74, 6) is 0.710. The number of methoxy groups -OCH3 is 1. The highest BCUT2D eigenvalue weighted by molar-refractivity contribution is 6.06. The number of carbonyl (C=O) groups excluding carboxylic acids is 1. The zero-order chi connectivity index (χ0) is 19.1. The lowest BCUT2D eigenvalue weighted by Crippen LogP contribution is -2.38. The van der Waals surface area contributed by atoms with Gasteiger partial charge >= 0.3 is 0 Å².